The summed E-state index contributed by atoms with van der Waals surface area (Å²) in [6.45, 7) is 1.30. The number of amides is 2. The van der Waals surface area contributed by atoms with Crippen LogP contribution in [0.3, 0.4) is 0 Å². The summed E-state index contributed by atoms with van der Waals surface area (Å²) in [6, 6.07) is 3.53. The molecule has 0 unspecified atom stereocenters. The number of benzene rings is 1. The minimum absolute atomic E-state index is 0.125. The van der Waals surface area contributed by atoms with Gasteiger partial charge in [-0.05, 0) is 18.2 Å². The van der Waals surface area contributed by atoms with E-state index in [0.717, 1.165) is 17.6 Å². The van der Waals surface area contributed by atoms with Crippen molar-refractivity contribution in [1.29, 1.82) is 0 Å². The van der Waals surface area contributed by atoms with E-state index in [0.29, 0.717) is 13.1 Å². The Labute approximate surface area is 114 Å². The quantitative estimate of drug-likeness (QED) is 0.718. The first-order valence-electron chi connectivity index (χ1n) is 5.78. The molecule has 2 amide bonds. The van der Waals surface area contributed by atoms with Crippen molar-refractivity contribution in [2.45, 2.75) is 0 Å². The molecule has 2 rings (SSSR count). The average molecular weight is 282 g/mol. The number of nitrogens with one attached hydrogen (secondary N) is 1. The lowest BCUT2D eigenvalue weighted by atomic mass is 10.1. The van der Waals surface area contributed by atoms with Gasteiger partial charge in [0.05, 0.1) is 11.3 Å². The van der Waals surface area contributed by atoms with Gasteiger partial charge in [0.15, 0.2) is 0 Å². The lowest BCUT2D eigenvalue weighted by Gasteiger charge is -2.26. The van der Waals surface area contributed by atoms with Gasteiger partial charge in [-0.1, -0.05) is 0 Å². The second-order valence-electron chi connectivity index (χ2n) is 4.06. The number of phenolic OH excluding ortho intramolecular Hbond substituents is 1. The third-order valence-electron chi connectivity index (χ3n) is 2.77. The fourth-order valence-electron chi connectivity index (χ4n) is 1.78. The SMILES string of the molecule is O=C(O)c1cc(O)ccc1NC(=O)N1CCSCC1. The van der Waals surface area contributed by atoms with E-state index in [9.17, 15) is 14.7 Å². The van der Waals surface area contributed by atoms with Crippen LogP contribution in [0.25, 0.3) is 0 Å². The highest BCUT2D eigenvalue weighted by molar-refractivity contribution is 7.99. The van der Waals surface area contributed by atoms with E-state index in [1.165, 1.54) is 12.1 Å². The predicted molar refractivity (Wildman–Crippen MR) is 73.0 cm³/mol. The molecule has 0 bridgehead atoms. The smallest absolute Gasteiger partial charge is 0.337 e. The number of urea groups is 1. The van der Waals surface area contributed by atoms with Crippen molar-refractivity contribution >= 4 is 29.4 Å². The highest BCUT2D eigenvalue weighted by Gasteiger charge is 2.19. The molecule has 1 aromatic carbocycles. The Bertz CT molecular complexity index is 501. The molecule has 0 radical (unpaired) electrons. The fourth-order valence-corrected chi connectivity index (χ4v) is 2.68. The first-order chi connectivity index (χ1) is 9.08. The number of thioether (sulfide) groups is 1. The second kappa shape index (κ2) is 5.83. The van der Waals surface area contributed by atoms with Crippen molar-refractivity contribution < 1.29 is 19.8 Å². The number of anilines is 1. The first kappa shape index (κ1) is 13.5. The summed E-state index contributed by atoms with van der Waals surface area (Å²) in [4.78, 5) is 24.7. The average Bonchev–Trinajstić information content (AvgIpc) is 2.41. The maximum atomic E-state index is 12.0. The van der Waals surface area contributed by atoms with Gasteiger partial charge in [0.2, 0.25) is 0 Å². The van der Waals surface area contributed by atoms with E-state index in [2.05, 4.69) is 5.32 Å². The summed E-state index contributed by atoms with van der Waals surface area (Å²) in [6.07, 6.45) is 0. The number of carbonyl (C=O) groups is 2. The molecular formula is C12H14N2O4S. The first-order valence-corrected chi connectivity index (χ1v) is 6.93. The third kappa shape index (κ3) is 3.31. The number of phenols is 1. The number of aromatic hydroxyl groups is 1. The van der Waals surface area contributed by atoms with Gasteiger partial charge in [-0.2, -0.15) is 11.8 Å². The lowest BCUT2D eigenvalue weighted by molar-refractivity contribution is 0.0697. The molecule has 19 heavy (non-hydrogen) atoms. The molecule has 0 aromatic heterocycles. The van der Waals surface area contributed by atoms with Crippen LogP contribution in [0.2, 0.25) is 0 Å². The number of carboxylic acids is 1. The van der Waals surface area contributed by atoms with Crippen LogP contribution in [0, 0.1) is 0 Å². The summed E-state index contributed by atoms with van der Waals surface area (Å²) in [5.41, 5.74) is 0.0632. The Morgan fingerprint density at radius 2 is 1.95 bits per heavy atom. The van der Waals surface area contributed by atoms with E-state index in [-0.39, 0.29) is 23.0 Å². The number of carboxylic acid groups (broad SMARTS) is 1. The Morgan fingerprint density at radius 1 is 1.26 bits per heavy atom. The van der Waals surface area contributed by atoms with Gasteiger partial charge in [-0.25, -0.2) is 9.59 Å². The van der Waals surface area contributed by atoms with Gasteiger partial charge in [0.25, 0.3) is 0 Å². The number of rotatable bonds is 2. The molecule has 1 saturated heterocycles. The van der Waals surface area contributed by atoms with E-state index >= 15 is 0 Å². The summed E-state index contributed by atoms with van der Waals surface area (Å²) >= 11 is 1.78. The van der Waals surface area contributed by atoms with Gasteiger partial charge in [-0.3, -0.25) is 0 Å². The van der Waals surface area contributed by atoms with Crippen LogP contribution in [0.4, 0.5) is 10.5 Å². The van der Waals surface area contributed by atoms with E-state index in [1.807, 2.05) is 0 Å². The highest BCUT2D eigenvalue weighted by atomic mass is 32.2. The molecule has 1 fully saturated rings. The van der Waals surface area contributed by atoms with Crippen LogP contribution in [0.15, 0.2) is 18.2 Å². The molecule has 1 aliphatic rings. The molecule has 3 N–H and O–H groups in total. The van der Waals surface area contributed by atoms with Crippen molar-refractivity contribution in [2.24, 2.45) is 0 Å². The lowest BCUT2D eigenvalue weighted by Crippen LogP contribution is -2.40. The van der Waals surface area contributed by atoms with Crippen molar-refractivity contribution in [3.63, 3.8) is 0 Å². The predicted octanol–water partition coefficient (Wildman–Crippen LogP) is 1.67. The van der Waals surface area contributed by atoms with Gasteiger partial charge >= 0.3 is 12.0 Å². The molecule has 0 saturated carbocycles. The summed E-state index contributed by atoms with van der Waals surface area (Å²) in [5.74, 6) is 0.425. The molecule has 0 spiro atoms. The molecular weight excluding hydrogens is 268 g/mol. The molecule has 7 heteroatoms. The number of carbonyl (C=O) groups excluding carboxylic acids is 1. The van der Waals surface area contributed by atoms with Gasteiger partial charge < -0.3 is 20.4 Å². The molecule has 1 aliphatic heterocycles. The topological polar surface area (TPSA) is 89.9 Å². The minimum Gasteiger partial charge on any atom is -0.508 e. The van der Waals surface area contributed by atoms with Crippen molar-refractivity contribution in [1.82, 2.24) is 4.90 Å². The van der Waals surface area contributed by atoms with Gasteiger partial charge in [0.1, 0.15) is 5.75 Å². The van der Waals surface area contributed by atoms with Crippen LogP contribution in [0.1, 0.15) is 10.4 Å². The van der Waals surface area contributed by atoms with Crippen LogP contribution < -0.4 is 5.32 Å². The Balaban J connectivity index is 2.13. The van der Waals surface area contributed by atoms with Gasteiger partial charge in [-0.15, -0.1) is 0 Å². The zero-order valence-electron chi connectivity index (χ0n) is 10.1. The standard InChI is InChI=1S/C12H14N2O4S/c15-8-1-2-10(9(7-8)11(16)17)13-12(18)14-3-5-19-6-4-14/h1-2,7,15H,3-6H2,(H,13,18)(H,16,17). The zero-order chi connectivity index (χ0) is 13.8. The van der Waals surface area contributed by atoms with Crippen molar-refractivity contribution in [2.75, 3.05) is 29.9 Å². The Kier molecular flexibility index (Phi) is 4.16. The van der Waals surface area contributed by atoms with Crippen LogP contribution in [-0.4, -0.2) is 51.7 Å². The molecule has 6 nitrogen and oxygen atoms in total. The summed E-state index contributed by atoms with van der Waals surface area (Å²) in [7, 11) is 0. The van der Waals surface area contributed by atoms with Crippen LogP contribution in [-0.2, 0) is 0 Å². The van der Waals surface area contributed by atoms with Crippen LogP contribution >= 0.6 is 11.8 Å². The number of hydrogen-bond acceptors (Lipinski definition) is 4. The molecule has 0 aliphatic carbocycles. The summed E-state index contributed by atoms with van der Waals surface area (Å²) < 4.78 is 0. The summed E-state index contributed by atoms with van der Waals surface area (Å²) in [5, 5.41) is 20.9. The van der Waals surface area contributed by atoms with E-state index in [1.54, 1.807) is 16.7 Å². The zero-order valence-corrected chi connectivity index (χ0v) is 10.9. The molecule has 0 atom stereocenters. The molecule has 1 aromatic rings. The van der Waals surface area contributed by atoms with Gasteiger partial charge in [0, 0.05) is 24.6 Å². The second-order valence-corrected chi connectivity index (χ2v) is 5.29. The maximum absolute atomic E-state index is 12.0. The van der Waals surface area contributed by atoms with E-state index < -0.39 is 5.97 Å². The van der Waals surface area contributed by atoms with Crippen molar-refractivity contribution in [3.05, 3.63) is 23.8 Å². The molecule has 1 heterocycles. The normalized spacial score (nSPS) is 15.1. The Hall–Kier alpha value is -1.89. The number of hydrogen-bond donors (Lipinski definition) is 3. The van der Waals surface area contributed by atoms with E-state index in [4.69, 9.17) is 5.11 Å². The third-order valence-corrected chi connectivity index (χ3v) is 3.72. The Morgan fingerprint density at radius 3 is 2.58 bits per heavy atom. The number of nitrogens with zero attached hydrogens (tertiary/aromatic N) is 1. The van der Waals surface area contributed by atoms with Crippen molar-refractivity contribution in [3.8, 4) is 5.75 Å². The van der Waals surface area contributed by atoms with Crippen LogP contribution in [0.5, 0.6) is 5.75 Å². The highest BCUT2D eigenvalue weighted by Crippen LogP contribution is 2.22. The largest absolute Gasteiger partial charge is 0.508 e. The fraction of sp³-hybridized carbons (Fsp3) is 0.333. The monoisotopic (exact) mass is 282 g/mol. The molecule has 102 valence electrons. The number of aromatic carboxylic acids is 1. The maximum Gasteiger partial charge on any atom is 0.337 e. The minimum atomic E-state index is -1.19.